The highest BCUT2D eigenvalue weighted by Crippen LogP contribution is 2.10. The Balaban J connectivity index is 2.47. The third-order valence-electron chi connectivity index (χ3n) is 2.62. The molecule has 1 amide bonds. The fourth-order valence-corrected chi connectivity index (χ4v) is 1.94. The SMILES string of the molecule is CC(C)CC(CO)NC(=O)Cc1ccc(Cl)cc1. The lowest BCUT2D eigenvalue weighted by Crippen LogP contribution is -2.39. The maximum Gasteiger partial charge on any atom is 0.224 e. The van der Waals surface area contributed by atoms with Gasteiger partial charge in [0.1, 0.15) is 0 Å². The molecule has 100 valence electrons. The summed E-state index contributed by atoms with van der Waals surface area (Å²) in [4.78, 5) is 11.8. The lowest BCUT2D eigenvalue weighted by molar-refractivity contribution is -0.121. The number of nitrogens with one attached hydrogen (secondary N) is 1. The van der Waals surface area contributed by atoms with Crippen LogP contribution in [0.15, 0.2) is 24.3 Å². The topological polar surface area (TPSA) is 49.3 Å². The molecule has 1 atom stereocenters. The van der Waals surface area contributed by atoms with Crippen LogP contribution >= 0.6 is 11.6 Å². The summed E-state index contributed by atoms with van der Waals surface area (Å²) < 4.78 is 0. The number of benzene rings is 1. The molecule has 0 fully saturated rings. The maximum absolute atomic E-state index is 11.8. The van der Waals surface area contributed by atoms with E-state index in [1.807, 2.05) is 12.1 Å². The Kier molecular flexibility index (Phi) is 6.16. The van der Waals surface area contributed by atoms with Crippen molar-refractivity contribution in [2.24, 2.45) is 5.92 Å². The van der Waals surface area contributed by atoms with Crippen molar-refractivity contribution in [3.63, 3.8) is 0 Å². The average Bonchev–Trinajstić information content (AvgIpc) is 2.30. The van der Waals surface area contributed by atoms with Crippen molar-refractivity contribution in [3.8, 4) is 0 Å². The Bertz CT molecular complexity index is 376. The molecule has 1 unspecified atom stereocenters. The zero-order chi connectivity index (χ0) is 13.5. The first-order chi connectivity index (χ1) is 8.51. The molecular formula is C14H20ClNO2. The molecule has 0 radical (unpaired) electrons. The van der Waals surface area contributed by atoms with Crippen LogP contribution in [0.3, 0.4) is 0 Å². The Labute approximate surface area is 113 Å². The summed E-state index contributed by atoms with van der Waals surface area (Å²) in [7, 11) is 0. The lowest BCUT2D eigenvalue weighted by atomic mass is 10.0. The first-order valence-electron chi connectivity index (χ1n) is 6.16. The smallest absolute Gasteiger partial charge is 0.224 e. The zero-order valence-corrected chi connectivity index (χ0v) is 11.6. The molecule has 1 aromatic carbocycles. The largest absolute Gasteiger partial charge is 0.394 e. The first-order valence-corrected chi connectivity index (χ1v) is 6.53. The summed E-state index contributed by atoms with van der Waals surface area (Å²) in [5.74, 6) is 0.370. The van der Waals surface area contributed by atoms with Crippen LogP contribution in [0.1, 0.15) is 25.8 Å². The third kappa shape index (κ3) is 5.52. The number of amides is 1. The highest BCUT2D eigenvalue weighted by molar-refractivity contribution is 6.30. The second-order valence-electron chi connectivity index (χ2n) is 4.88. The van der Waals surface area contributed by atoms with Crippen LogP contribution < -0.4 is 5.32 Å². The van der Waals surface area contributed by atoms with E-state index in [2.05, 4.69) is 19.2 Å². The Morgan fingerprint density at radius 3 is 2.44 bits per heavy atom. The Morgan fingerprint density at radius 1 is 1.33 bits per heavy atom. The Morgan fingerprint density at radius 2 is 1.94 bits per heavy atom. The minimum Gasteiger partial charge on any atom is -0.394 e. The molecule has 0 saturated heterocycles. The fraction of sp³-hybridized carbons (Fsp3) is 0.500. The molecule has 0 aromatic heterocycles. The van der Waals surface area contributed by atoms with E-state index in [9.17, 15) is 9.90 Å². The van der Waals surface area contributed by atoms with Crippen molar-refractivity contribution in [2.45, 2.75) is 32.7 Å². The van der Waals surface area contributed by atoms with Crippen molar-refractivity contribution in [3.05, 3.63) is 34.9 Å². The maximum atomic E-state index is 11.8. The van der Waals surface area contributed by atoms with Crippen molar-refractivity contribution >= 4 is 17.5 Å². The quantitative estimate of drug-likeness (QED) is 0.833. The van der Waals surface area contributed by atoms with Crippen LogP contribution in [0.4, 0.5) is 0 Å². The minimum absolute atomic E-state index is 0.0233. The molecule has 0 aliphatic heterocycles. The molecule has 2 N–H and O–H groups in total. The number of aliphatic hydroxyl groups excluding tert-OH is 1. The molecular weight excluding hydrogens is 250 g/mol. The second kappa shape index (κ2) is 7.39. The monoisotopic (exact) mass is 269 g/mol. The van der Waals surface area contributed by atoms with E-state index >= 15 is 0 Å². The number of aliphatic hydroxyl groups is 1. The van der Waals surface area contributed by atoms with Gasteiger partial charge in [-0.05, 0) is 30.0 Å². The lowest BCUT2D eigenvalue weighted by Gasteiger charge is -2.18. The van der Waals surface area contributed by atoms with Gasteiger partial charge < -0.3 is 10.4 Å². The second-order valence-corrected chi connectivity index (χ2v) is 5.32. The van der Waals surface area contributed by atoms with Gasteiger partial charge in [0.15, 0.2) is 0 Å². The van der Waals surface area contributed by atoms with Gasteiger partial charge in [0.05, 0.1) is 19.1 Å². The molecule has 1 aromatic rings. The predicted molar refractivity (Wildman–Crippen MR) is 73.6 cm³/mol. The number of rotatable bonds is 6. The van der Waals surface area contributed by atoms with Gasteiger partial charge in [-0.15, -0.1) is 0 Å². The first kappa shape index (κ1) is 15.0. The molecule has 0 bridgehead atoms. The van der Waals surface area contributed by atoms with Gasteiger partial charge in [-0.3, -0.25) is 4.79 Å². The molecule has 0 heterocycles. The minimum atomic E-state index is -0.162. The number of hydrogen-bond donors (Lipinski definition) is 2. The number of carbonyl (C=O) groups excluding carboxylic acids is 1. The summed E-state index contributed by atoms with van der Waals surface area (Å²) in [6.07, 6.45) is 1.09. The highest BCUT2D eigenvalue weighted by Gasteiger charge is 2.13. The number of hydrogen-bond acceptors (Lipinski definition) is 2. The van der Waals surface area contributed by atoms with Crippen LogP contribution in [0.5, 0.6) is 0 Å². The highest BCUT2D eigenvalue weighted by atomic mass is 35.5. The van der Waals surface area contributed by atoms with Crippen molar-refractivity contribution in [1.29, 1.82) is 0 Å². The molecule has 1 rings (SSSR count). The fourth-order valence-electron chi connectivity index (χ4n) is 1.81. The summed E-state index contributed by atoms with van der Waals surface area (Å²) >= 11 is 5.78. The van der Waals surface area contributed by atoms with Gasteiger partial charge >= 0.3 is 0 Å². The van der Waals surface area contributed by atoms with Gasteiger partial charge in [0, 0.05) is 5.02 Å². The van der Waals surface area contributed by atoms with Crippen LogP contribution in [-0.2, 0) is 11.2 Å². The standard InChI is InChI=1S/C14H20ClNO2/c1-10(2)7-13(9-17)16-14(18)8-11-3-5-12(15)6-4-11/h3-6,10,13,17H,7-9H2,1-2H3,(H,16,18). The van der Waals surface area contributed by atoms with Crippen LogP contribution in [0.25, 0.3) is 0 Å². The van der Waals surface area contributed by atoms with Crippen LogP contribution in [0, 0.1) is 5.92 Å². The van der Waals surface area contributed by atoms with E-state index in [4.69, 9.17) is 11.6 Å². The summed E-state index contributed by atoms with van der Waals surface area (Å²) in [6, 6.07) is 7.03. The molecule has 0 saturated carbocycles. The van der Waals surface area contributed by atoms with E-state index in [0.717, 1.165) is 12.0 Å². The zero-order valence-electron chi connectivity index (χ0n) is 10.8. The summed E-state index contributed by atoms with van der Waals surface area (Å²) in [5, 5.41) is 12.7. The molecule has 0 aliphatic carbocycles. The predicted octanol–water partition coefficient (Wildman–Crippen LogP) is 2.41. The van der Waals surface area contributed by atoms with Crippen molar-refractivity contribution in [1.82, 2.24) is 5.32 Å². The molecule has 18 heavy (non-hydrogen) atoms. The van der Waals surface area contributed by atoms with Gasteiger partial charge in [0.2, 0.25) is 5.91 Å². The third-order valence-corrected chi connectivity index (χ3v) is 2.87. The van der Waals surface area contributed by atoms with E-state index in [1.165, 1.54) is 0 Å². The van der Waals surface area contributed by atoms with E-state index in [1.54, 1.807) is 12.1 Å². The Hall–Kier alpha value is -1.06. The van der Waals surface area contributed by atoms with Gasteiger partial charge in [0.25, 0.3) is 0 Å². The van der Waals surface area contributed by atoms with Crippen molar-refractivity contribution in [2.75, 3.05) is 6.61 Å². The molecule has 4 heteroatoms. The summed E-state index contributed by atoms with van der Waals surface area (Å²) in [6.45, 7) is 4.10. The van der Waals surface area contributed by atoms with Crippen LogP contribution in [0.2, 0.25) is 5.02 Å². The van der Waals surface area contributed by atoms with Gasteiger partial charge in [-0.1, -0.05) is 37.6 Å². The van der Waals surface area contributed by atoms with E-state index < -0.39 is 0 Å². The van der Waals surface area contributed by atoms with Crippen LogP contribution in [-0.4, -0.2) is 23.7 Å². The molecule has 0 spiro atoms. The number of halogens is 1. The summed E-state index contributed by atoms with van der Waals surface area (Å²) in [5.41, 5.74) is 0.915. The van der Waals surface area contributed by atoms with E-state index in [0.29, 0.717) is 17.4 Å². The van der Waals surface area contributed by atoms with E-state index in [-0.39, 0.29) is 18.6 Å². The van der Waals surface area contributed by atoms with Gasteiger partial charge in [-0.25, -0.2) is 0 Å². The molecule has 3 nitrogen and oxygen atoms in total. The average molecular weight is 270 g/mol. The normalized spacial score (nSPS) is 12.5. The number of carbonyl (C=O) groups is 1. The van der Waals surface area contributed by atoms with Gasteiger partial charge in [-0.2, -0.15) is 0 Å². The van der Waals surface area contributed by atoms with Crippen molar-refractivity contribution < 1.29 is 9.90 Å². The molecule has 0 aliphatic rings.